The third-order valence-electron chi connectivity index (χ3n) is 1.66. The molecule has 0 fully saturated rings. The smallest absolute Gasteiger partial charge is 0.129 e. The second-order valence-corrected chi connectivity index (χ2v) is 2.59. The first-order chi connectivity index (χ1) is 6.45. The minimum absolute atomic E-state index is 0.858. The number of imidazole rings is 1. The maximum atomic E-state index is 4.07. The van der Waals surface area contributed by atoms with E-state index in [2.05, 4.69) is 15.0 Å². The van der Waals surface area contributed by atoms with E-state index in [-0.39, 0.29) is 0 Å². The Bertz CT molecular complexity index is 376. The van der Waals surface area contributed by atoms with Gasteiger partial charge >= 0.3 is 0 Å². The largest absolute Gasteiger partial charge is 0.345 e. The summed E-state index contributed by atoms with van der Waals surface area (Å²) in [6.45, 7) is 0. The molecule has 64 valence electrons. The van der Waals surface area contributed by atoms with Crippen molar-refractivity contribution in [2.24, 2.45) is 0 Å². The number of H-pyrrole nitrogens is 1. The predicted octanol–water partition coefficient (Wildman–Crippen LogP) is 1.98. The van der Waals surface area contributed by atoms with Crippen molar-refractivity contribution in [3.63, 3.8) is 0 Å². The van der Waals surface area contributed by atoms with E-state index in [1.807, 2.05) is 24.3 Å². The number of rotatable bonds is 2. The fourth-order valence-corrected chi connectivity index (χ4v) is 1.02. The van der Waals surface area contributed by atoms with Crippen molar-refractivity contribution in [3.05, 3.63) is 48.3 Å². The van der Waals surface area contributed by atoms with Gasteiger partial charge in [0.2, 0.25) is 0 Å². The first-order valence-corrected chi connectivity index (χ1v) is 4.02. The van der Waals surface area contributed by atoms with Crippen molar-refractivity contribution in [1.82, 2.24) is 15.0 Å². The van der Waals surface area contributed by atoms with Crippen LogP contribution in [0, 0.1) is 0 Å². The van der Waals surface area contributed by atoms with Gasteiger partial charge in [-0.25, -0.2) is 4.98 Å². The number of nitrogens with one attached hydrogen (secondary N) is 1. The van der Waals surface area contributed by atoms with Crippen LogP contribution in [-0.2, 0) is 0 Å². The average Bonchev–Trinajstić information content (AvgIpc) is 2.69. The molecule has 0 saturated carbocycles. The lowest BCUT2D eigenvalue weighted by Crippen LogP contribution is -1.75. The van der Waals surface area contributed by atoms with E-state index in [4.69, 9.17) is 0 Å². The molecule has 0 aliphatic carbocycles. The fourth-order valence-electron chi connectivity index (χ4n) is 1.02. The van der Waals surface area contributed by atoms with Gasteiger partial charge in [-0.2, -0.15) is 0 Å². The summed E-state index contributed by atoms with van der Waals surface area (Å²) in [5.74, 6) is 0.858. The Balaban J connectivity index is 2.15. The number of aromatic amines is 1. The van der Waals surface area contributed by atoms with Gasteiger partial charge < -0.3 is 4.98 Å². The molecule has 0 aliphatic rings. The van der Waals surface area contributed by atoms with Crippen LogP contribution in [0.25, 0.3) is 12.2 Å². The Kier molecular flexibility index (Phi) is 2.18. The minimum Gasteiger partial charge on any atom is -0.345 e. The molecule has 1 N–H and O–H groups in total. The van der Waals surface area contributed by atoms with Gasteiger partial charge in [-0.3, -0.25) is 4.98 Å². The summed E-state index contributed by atoms with van der Waals surface area (Å²) in [4.78, 5) is 11.0. The zero-order chi connectivity index (χ0) is 8.93. The van der Waals surface area contributed by atoms with Crippen LogP contribution in [0.15, 0.2) is 36.9 Å². The van der Waals surface area contributed by atoms with E-state index in [0.717, 1.165) is 11.4 Å². The summed E-state index contributed by atoms with van der Waals surface area (Å²) >= 11 is 0. The summed E-state index contributed by atoms with van der Waals surface area (Å²) in [6, 6.07) is 3.89. The lowest BCUT2D eigenvalue weighted by molar-refractivity contribution is 1.27. The summed E-state index contributed by atoms with van der Waals surface area (Å²) in [7, 11) is 0. The summed E-state index contributed by atoms with van der Waals surface area (Å²) in [5.41, 5.74) is 1.12. The quantitative estimate of drug-likeness (QED) is 0.750. The lowest BCUT2D eigenvalue weighted by atomic mass is 10.2. The number of hydrogen-bond donors (Lipinski definition) is 1. The van der Waals surface area contributed by atoms with Gasteiger partial charge in [-0.15, -0.1) is 0 Å². The van der Waals surface area contributed by atoms with E-state index >= 15 is 0 Å². The fraction of sp³-hybridized carbons (Fsp3) is 0. The van der Waals surface area contributed by atoms with E-state index in [1.165, 1.54) is 0 Å². The molecule has 0 aromatic carbocycles. The van der Waals surface area contributed by atoms with Gasteiger partial charge in [0.25, 0.3) is 0 Å². The van der Waals surface area contributed by atoms with Gasteiger partial charge in [-0.1, -0.05) is 6.08 Å². The van der Waals surface area contributed by atoms with Crippen LogP contribution in [0.4, 0.5) is 0 Å². The third kappa shape index (κ3) is 2.02. The molecule has 13 heavy (non-hydrogen) atoms. The second-order valence-electron chi connectivity index (χ2n) is 2.59. The Morgan fingerprint density at radius 2 is 1.92 bits per heavy atom. The van der Waals surface area contributed by atoms with Gasteiger partial charge in [0.05, 0.1) is 0 Å². The van der Waals surface area contributed by atoms with Crippen LogP contribution in [0.3, 0.4) is 0 Å². The number of hydrogen-bond acceptors (Lipinski definition) is 2. The van der Waals surface area contributed by atoms with Crippen molar-refractivity contribution in [2.75, 3.05) is 0 Å². The maximum Gasteiger partial charge on any atom is 0.129 e. The Hall–Kier alpha value is -1.90. The molecule has 0 bridgehead atoms. The molecule has 0 unspecified atom stereocenters. The molecule has 0 atom stereocenters. The second kappa shape index (κ2) is 3.67. The molecule has 2 rings (SSSR count). The molecule has 0 amide bonds. The minimum atomic E-state index is 0.858. The first kappa shape index (κ1) is 7.73. The van der Waals surface area contributed by atoms with Crippen LogP contribution in [0.5, 0.6) is 0 Å². The maximum absolute atomic E-state index is 4.07. The molecule has 0 aliphatic heterocycles. The highest BCUT2D eigenvalue weighted by atomic mass is 14.9. The topological polar surface area (TPSA) is 41.6 Å². The van der Waals surface area contributed by atoms with Crippen LogP contribution >= 0.6 is 0 Å². The van der Waals surface area contributed by atoms with Crippen LogP contribution in [0.2, 0.25) is 0 Å². The Morgan fingerprint density at radius 1 is 1.08 bits per heavy atom. The third-order valence-corrected chi connectivity index (χ3v) is 1.66. The molecule has 2 aromatic heterocycles. The molecule has 2 heterocycles. The van der Waals surface area contributed by atoms with Crippen LogP contribution in [0.1, 0.15) is 11.4 Å². The highest BCUT2D eigenvalue weighted by molar-refractivity contribution is 5.66. The standard InChI is InChI=1S/C10H9N3/c1(2-10-12-7-8-13-10)9-3-5-11-6-4-9/h1-8H,(H,12,13)/b2-1+. The van der Waals surface area contributed by atoms with Crippen molar-refractivity contribution >= 4 is 12.2 Å². The molecule has 0 saturated heterocycles. The molecule has 3 nitrogen and oxygen atoms in total. The molecular weight excluding hydrogens is 162 g/mol. The summed E-state index contributed by atoms with van der Waals surface area (Å²) in [6.07, 6.45) is 11.0. The lowest BCUT2D eigenvalue weighted by Gasteiger charge is -1.88. The number of pyridine rings is 1. The van der Waals surface area contributed by atoms with E-state index in [0.29, 0.717) is 0 Å². The van der Waals surface area contributed by atoms with Gasteiger partial charge in [0.1, 0.15) is 5.82 Å². The van der Waals surface area contributed by atoms with Crippen molar-refractivity contribution in [1.29, 1.82) is 0 Å². The highest BCUT2D eigenvalue weighted by Crippen LogP contribution is 2.02. The average molecular weight is 171 g/mol. The molecule has 0 spiro atoms. The van der Waals surface area contributed by atoms with Crippen LogP contribution < -0.4 is 0 Å². The zero-order valence-electron chi connectivity index (χ0n) is 7.01. The summed E-state index contributed by atoms with van der Waals surface area (Å²) in [5, 5.41) is 0. The Morgan fingerprint density at radius 3 is 2.62 bits per heavy atom. The molecular formula is C10H9N3. The highest BCUT2D eigenvalue weighted by Gasteiger charge is 1.86. The van der Waals surface area contributed by atoms with Crippen molar-refractivity contribution < 1.29 is 0 Å². The zero-order valence-corrected chi connectivity index (χ0v) is 7.01. The van der Waals surface area contributed by atoms with E-state index in [9.17, 15) is 0 Å². The van der Waals surface area contributed by atoms with Gasteiger partial charge in [0.15, 0.2) is 0 Å². The number of aromatic nitrogens is 3. The number of nitrogens with zero attached hydrogens (tertiary/aromatic N) is 2. The van der Waals surface area contributed by atoms with Crippen molar-refractivity contribution in [3.8, 4) is 0 Å². The Labute approximate surface area is 76.2 Å². The SMILES string of the molecule is C(=C\c1ncc[nH]1)/c1ccncc1. The molecule has 2 aromatic rings. The van der Waals surface area contributed by atoms with E-state index < -0.39 is 0 Å². The molecule has 0 radical (unpaired) electrons. The molecule has 3 heteroatoms. The van der Waals surface area contributed by atoms with Gasteiger partial charge in [-0.05, 0) is 23.8 Å². The van der Waals surface area contributed by atoms with Crippen molar-refractivity contribution in [2.45, 2.75) is 0 Å². The van der Waals surface area contributed by atoms with E-state index in [1.54, 1.807) is 24.8 Å². The monoisotopic (exact) mass is 171 g/mol. The first-order valence-electron chi connectivity index (χ1n) is 4.02. The predicted molar refractivity (Wildman–Crippen MR) is 51.8 cm³/mol. The normalized spacial score (nSPS) is 10.8. The van der Waals surface area contributed by atoms with Crippen LogP contribution in [-0.4, -0.2) is 15.0 Å². The summed E-state index contributed by atoms with van der Waals surface area (Å²) < 4.78 is 0. The van der Waals surface area contributed by atoms with Gasteiger partial charge in [0, 0.05) is 24.8 Å².